The standard InChI is InChI=1S/C19H21F5N6O2S/c1-18(2,3)14(8-33(31,32)28-9-19(22,23)24)29-17-13(21)7-27-16(30-17)12-6-26-15-11(12)4-10(20)5-25-15/h4-7,14,28H,8-9H2,1-3H3,(H,25,26)(H,27,29,30). The zero-order valence-electron chi connectivity index (χ0n) is 17.8. The van der Waals surface area contributed by atoms with Gasteiger partial charge in [0.2, 0.25) is 10.0 Å². The van der Waals surface area contributed by atoms with Gasteiger partial charge in [0.15, 0.2) is 17.5 Å². The fraction of sp³-hybridized carbons (Fsp3) is 0.421. The topological polar surface area (TPSA) is 113 Å². The predicted molar refractivity (Wildman–Crippen MR) is 112 cm³/mol. The first-order valence-corrected chi connectivity index (χ1v) is 11.3. The Hall–Kier alpha value is -2.87. The second kappa shape index (κ2) is 8.82. The highest BCUT2D eigenvalue weighted by atomic mass is 32.2. The molecule has 0 aromatic carbocycles. The smallest absolute Gasteiger partial charge is 0.363 e. The van der Waals surface area contributed by atoms with Gasteiger partial charge < -0.3 is 10.3 Å². The molecule has 0 radical (unpaired) electrons. The summed E-state index contributed by atoms with van der Waals surface area (Å²) in [6.07, 6.45) is -1.39. The van der Waals surface area contributed by atoms with Crippen LogP contribution in [0.1, 0.15) is 20.8 Å². The molecule has 180 valence electrons. The molecule has 3 rings (SSSR count). The maximum Gasteiger partial charge on any atom is 0.402 e. The lowest BCUT2D eigenvalue weighted by atomic mass is 9.88. The van der Waals surface area contributed by atoms with Crippen LogP contribution < -0.4 is 10.0 Å². The summed E-state index contributed by atoms with van der Waals surface area (Å²) < 4.78 is 91.3. The van der Waals surface area contributed by atoms with Crippen LogP contribution >= 0.6 is 0 Å². The molecule has 0 saturated carbocycles. The predicted octanol–water partition coefficient (Wildman–Crippen LogP) is 3.61. The molecule has 0 bridgehead atoms. The van der Waals surface area contributed by atoms with E-state index in [0.29, 0.717) is 16.6 Å². The SMILES string of the molecule is CC(C)(C)C(CS(=O)(=O)NCC(F)(F)F)Nc1nc(-c2c[nH]c3ncc(F)cc23)ncc1F. The zero-order valence-corrected chi connectivity index (χ0v) is 18.6. The minimum atomic E-state index is -4.72. The normalized spacial score (nSPS) is 13.9. The van der Waals surface area contributed by atoms with E-state index in [1.165, 1.54) is 17.0 Å². The van der Waals surface area contributed by atoms with E-state index in [-0.39, 0.29) is 11.6 Å². The summed E-state index contributed by atoms with van der Waals surface area (Å²) in [4.78, 5) is 14.7. The van der Waals surface area contributed by atoms with E-state index in [4.69, 9.17) is 0 Å². The third-order valence-corrected chi connectivity index (χ3v) is 6.07. The largest absolute Gasteiger partial charge is 0.402 e. The van der Waals surface area contributed by atoms with Crippen molar-refractivity contribution in [1.29, 1.82) is 0 Å². The van der Waals surface area contributed by atoms with Gasteiger partial charge in [-0.15, -0.1) is 0 Å². The quantitative estimate of drug-likeness (QED) is 0.435. The van der Waals surface area contributed by atoms with E-state index in [1.54, 1.807) is 20.8 Å². The van der Waals surface area contributed by atoms with Crippen molar-refractivity contribution >= 4 is 26.9 Å². The van der Waals surface area contributed by atoms with E-state index in [1.807, 2.05) is 0 Å². The molecule has 3 aromatic rings. The summed E-state index contributed by atoms with van der Waals surface area (Å²) >= 11 is 0. The fourth-order valence-corrected chi connectivity index (χ4v) is 4.43. The zero-order chi connectivity index (χ0) is 24.6. The van der Waals surface area contributed by atoms with E-state index >= 15 is 0 Å². The molecule has 33 heavy (non-hydrogen) atoms. The monoisotopic (exact) mass is 492 g/mol. The Kier molecular flexibility index (Phi) is 6.62. The van der Waals surface area contributed by atoms with E-state index in [2.05, 4.69) is 25.3 Å². The average Bonchev–Trinajstić information content (AvgIpc) is 3.09. The lowest BCUT2D eigenvalue weighted by molar-refractivity contribution is -0.121. The first kappa shape index (κ1) is 24.8. The molecular formula is C19H21F5N6O2S. The number of sulfonamides is 1. The first-order valence-electron chi connectivity index (χ1n) is 9.61. The van der Waals surface area contributed by atoms with Crippen LogP contribution in [0.5, 0.6) is 0 Å². The van der Waals surface area contributed by atoms with E-state index in [0.717, 1.165) is 12.4 Å². The van der Waals surface area contributed by atoms with Gasteiger partial charge in [0.05, 0.1) is 18.1 Å². The molecule has 1 unspecified atom stereocenters. The highest BCUT2D eigenvalue weighted by molar-refractivity contribution is 7.89. The van der Waals surface area contributed by atoms with Crippen LogP contribution in [0.4, 0.5) is 27.8 Å². The van der Waals surface area contributed by atoms with Crippen molar-refractivity contribution in [2.75, 3.05) is 17.6 Å². The number of nitrogens with zero attached hydrogens (tertiary/aromatic N) is 3. The molecule has 14 heteroatoms. The van der Waals surface area contributed by atoms with Crippen LogP contribution in [-0.4, -0.2) is 52.9 Å². The van der Waals surface area contributed by atoms with Crippen molar-refractivity contribution in [1.82, 2.24) is 24.7 Å². The van der Waals surface area contributed by atoms with Crippen LogP contribution in [0.25, 0.3) is 22.4 Å². The fourth-order valence-electron chi connectivity index (χ4n) is 2.90. The molecule has 1 atom stereocenters. The third-order valence-electron chi connectivity index (χ3n) is 4.72. The number of aromatic nitrogens is 4. The summed E-state index contributed by atoms with van der Waals surface area (Å²) in [5, 5.41) is 3.02. The third kappa shape index (κ3) is 6.35. The van der Waals surface area contributed by atoms with E-state index in [9.17, 15) is 30.4 Å². The number of halogens is 5. The number of H-pyrrole nitrogens is 1. The number of rotatable bonds is 7. The van der Waals surface area contributed by atoms with Gasteiger partial charge in [-0.25, -0.2) is 36.9 Å². The van der Waals surface area contributed by atoms with Gasteiger partial charge in [0, 0.05) is 23.2 Å². The molecule has 0 aliphatic heterocycles. The van der Waals surface area contributed by atoms with E-state index < -0.39 is 51.6 Å². The van der Waals surface area contributed by atoms with Crippen molar-refractivity contribution < 1.29 is 30.4 Å². The average molecular weight is 492 g/mol. The molecule has 0 aliphatic carbocycles. The lowest BCUT2D eigenvalue weighted by Gasteiger charge is -2.32. The summed E-state index contributed by atoms with van der Waals surface area (Å²) in [7, 11) is -4.37. The molecule has 3 aromatic heterocycles. The summed E-state index contributed by atoms with van der Waals surface area (Å²) in [6.45, 7) is 3.19. The van der Waals surface area contributed by atoms with Gasteiger partial charge in [-0.1, -0.05) is 20.8 Å². The second-order valence-corrected chi connectivity index (χ2v) is 10.3. The molecule has 0 amide bonds. The number of anilines is 1. The van der Waals surface area contributed by atoms with Gasteiger partial charge in [0.25, 0.3) is 0 Å². The Labute approximate surface area is 186 Å². The van der Waals surface area contributed by atoms with Crippen LogP contribution in [0.3, 0.4) is 0 Å². The molecule has 3 N–H and O–H groups in total. The minimum absolute atomic E-state index is 0.00302. The molecular weight excluding hydrogens is 471 g/mol. The Bertz CT molecular complexity index is 1250. The summed E-state index contributed by atoms with van der Waals surface area (Å²) in [6, 6.07) is 0.174. The van der Waals surface area contributed by atoms with Gasteiger partial charge in [-0.3, -0.25) is 0 Å². The van der Waals surface area contributed by atoms with Crippen LogP contribution in [-0.2, 0) is 10.0 Å². The Morgan fingerprint density at radius 2 is 1.82 bits per heavy atom. The summed E-state index contributed by atoms with van der Waals surface area (Å²) in [5.74, 6) is -2.63. The Morgan fingerprint density at radius 1 is 1.12 bits per heavy atom. The molecule has 8 nitrogen and oxygen atoms in total. The van der Waals surface area contributed by atoms with Crippen molar-refractivity contribution in [3.05, 3.63) is 36.3 Å². The molecule has 0 fully saturated rings. The van der Waals surface area contributed by atoms with Crippen LogP contribution in [0.15, 0.2) is 24.7 Å². The number of hydrogen-bond donors (Lipinski definition) is 3. The molecule has 0 aliphatic rings. The van der Waals surface area contributed by atoms with Gasteiger partial charge in [-0.05, 0) is 11.5 Å². The van der Waals surface area contributed by atoms with Gasteiger partial charge in [-0.2, -0.15) is 13.2 Å². The Balaban J connectivity index is 1.91. The number of aromatic amines is 1. The van der Waals surface area contributed by atoms with Crippen molar-refractivity contribution in [2.24, 2.45) is 5.41 Å². The van der Waals surface area contributed by atoms with Crippen molar-refractivity contribution in [3.63, 3.8) is 0 Å². The van der Waals surface area contributed by atoms with Gasteiger partial charge >= 0.3 is 6.18 Å². The Morgan fingerprint density at radius 3 is 2.45 bits per heavy atom. The second-order valence-electron chi connectivity index (χ2n) is 8.42. The highest BCUT2D eigenvalue weighted by Crippen LogP contribution is 2.29. The molecule has 0 spiro atoms. The number of nitrogens with one attached hydrogen (secondary N) is 3. The maximum absolute atomic E-state index is 14.5. The molecule has 0 saturated heterocycles. The first-order chi connectivity index (χ1) is 15.1. The number of fused-ring (bicyclic) bond motifs is 1. The van der Waals surface area contributed by atoms with Gasteiger partial charge in [0.1, 0.15) is 18.0 Å². The lowest BCUT2D eigenvalue weighted by Crippen LogP contribution is -2.45. The van der Waals surface area contributed by atoms with Crippen molar-refractivity contribution in [3.8, 4) is 11.4 Å². The highest BCUT2D eigenvalue weighted by Gasteiger charge is 2.34. The number of hydrogen-bond acceptors (Lipinski definition) is 6. The number of alkyl halides is 3. The minimum Gasteiger partial charge on any atom is -0.363 e. The molecule has 3 heterocycles. The van der Waals surface area contributed by atoms with Crippen LogP contribution in [0, 0.1) is 17.0 Å². The summed E-state index contributed by atoms with van der Waals surface area (Å²) in [5.41, 5.74) is -0.145. The number of pyridine rings is 1. The van der Waals surface area contributed by atoms with Crippen molar-refractivity contribution in [2.45, 2.75) is 33.0 Å². The van der Waals surface area contributed by atoms with Crippen LogP contribution in [0.2, 0.25) is 0 Å². The maximum atomic E-state index is 14.5.